The number of nitro benzene ring substituents is 1. The van der Waals surface area contributed by atoms with Gasteiger partial charge in [0.25, 0.3) is 5.69 Å². The van der Waals surface area contributed by atoms with Gasteiger partial charge in [-0.1, -0.05) is 12.1 Å². The quantitative estimate of drug-likeness (QED) is 0.519. The molecule has 0 aromatic heterocycles. The number of anilines is 1. The van der Waals surface area contributed by atoms with E-state index >= 15 is 0 Å². The highest BCUT2D eigenvalue weighted by atomic mass is 16.6. The number of nitrogens with one attached hydrogen (secondary N) is 1. The maximum absolute atomic E-state index is 10.7. The van der Waals surface area contributed by atoms with Gasteiger partial charge in [-0.2, -0.15) is 0 Å². The monoisotopic (exact) mass is 240 g/mol. The molecule has 0 spiro atoms. The van der Waals surface area contributed by atoms with Crippen molar-refractivity contribution in [1.82, 2.24) is 0 Å². The summed E-state index contributed by atoms with van der Waals surface area (Å²) >= 11 is 0. The molecule has 0 amide bonds. The second-order valence-corrected chi connectivity index (χ2v) is 3.71. The van der Waals surface area contributed by atoms with Crippen molar-refractivity contribution in [2.75, 3.05) is 11.9 Å². The molecule has 1 aromatic rings. The van der Waals surface area contributed by atoms with Crippen LogP contribution in [0.5, 0.6) is 0 Å². The fourth-order valence-corrected chi connectivity index (χ4v) is 1.13. The van der Waals surface area contributed by atoms with Crippen molar-refractivity contribution < 1.29 is 19.9 Å². The number of aliphatic hydroxyl groups is 1. The zero-order valence-electron chi connectivity index (χ0n) is 9.08. The van der Waals surface area contributed by atoms with Crippen molar-refractivity contribution >= 4 is 17.3 Å². The van der Waals surface area contributed by atoms with E-state index in [2.05, 4.69) is 5.32 Å². The summed E-state index contributed by atoms with van der Waals surface area (Å²) in [5.41, 5.74) is -1.99. The van der Waals surface area contributed by atoms with E-state index in [4.69, 9.17) is 5.11 Å². The third kappa shape index (κ3) is 3.15. The van der Waals surface area contributed by atoms with E-state index in [9.17, 15) is 20.0 Å². The summed E-state index contributed by atoms with van der Waals surface area (Å²) in [4.78, 5) is 20.7. The maximum Gasteiger partial charge on any atom is 0.337 e. The smallest absolute Gasteiger partial charge is 0.337 e. The molecular formula is C10H12N2O5. The van der Waals surface area contributed by atoms with Crippen LogP contribution >= 0.6 is 0 Å². The number of carboxylic acid groups (broad SMARTS) is 1. The molecule has 0 bridgehead atoms. The Morgan fingerprint density at radius 3 is 2.65 bits per heavy atom. The van der Waals surface area contributed by atoms with E-state index < -0.39 is 16.5 Å². The minimum absolute atomic E-state index is 0.166. The number of hydrogen-bond donors (Lipinski definition) is 3. The van der Waals surface area contributed by atoms with Crippen molar-refractivity contribution in [2.45, 2.75) is 12.5 Å². The van der Waals surface area contributed by atoms with E-state index in [0.717, 1.165) is 6.92 Å². The Hall–Kier alpha value is -2.15. The normalized spacial score (nSPS) is 13.8. The number of nitrogens with zero attached hydrogens (tertiary/aromatic N) is 1. The second kappa shape index (κ2) is 4.79. The summed E-state index contributed by atoms with van der Waals surface area (Å²) in [5, 5.41) is 31.3. The lowest BCUT2D eigenvalue weighted by Gasteiger charge is -2.18. The minimum atomic E-state index is -1.98. The predicted octanol–water partition coefficient (Wildman–Crippen LogP) is 0.842. The van der Waals surface area contributed by atoms with Crippen molar-refractivity contribution in [3.8, 4) is 0 Å². The van der Waals surface area contributed by atoms with E-state index in [1.165, 1.54) is 18.2 Å². The molecule has 0 radical (unpaired) electrons. The van der Waals surface area contributed by atoms with Gasteiger partial charge in [0, 0.05) is 6.07 Å². The molecule has 0 aliphatic heterocycles. The molecule has 0 aliphatic carbocycles. The Morgan fingerprint density at radius 1 is 1.53 bits per heavy atom. The second-order valence-electron chi connectivity index (χ2n) is 3.71. The van der Waals surface area contributed by atoms with Crippen LogP contribution in [0.3, 0.4) is 0 Å². The van der Waals surface area contributed by atoms with Crippen molar-refractivity contribution in [3.05, 3.63) is 34.4 Å². The fraction of sp³-hybridized carbons (Fsp3) is 0.300. The molecule has 1 rings (SSSR count). The average molecular weight is 240 g/mol. The van der Waals surface area contributed by atoms with Crippen molar-refractivity contribution in [3.63, 3.8) is 0 Å². The molecule has 0 heterocycles. The van der Waals surface area contributed by atoms with E-state index in [1.54, 1.807) is 6.07 Å². The number of nitro groups is 1. The molecule has 0 fully saturated rings. The highest BCUT2D eigenvalue weighted by molar-refractivity contribution is 5.77. The number of aliphatic carboxylic acids is 1. The molecule has 0 saturated carbocycles. The van der Waals surface area contributed by atoms with E-state index in [0.29, 0.717) is 0 Å². The van der Waals surface area contributed by atoms with Crippen LogP contribution < -0.4 is 5.32 Å². The number of para-hydroxylation sites is 2. The summed E-state index contributed by atoms with van der Waals surface area (Å²) in [6.45, 7) is 0.782. The van der Waals surface area contributed by atoms with Gasteiger partial charge in [0.2, 0.25) is 0 Å². The zero-order valence-corrected chi connectivity index (χ0v) is 9.08. The van der Waals surface area contributed by atoms with Gasteiger partial charge in [-0.15, -0.1) is 0 Å². The molecule has 17 heavy (non-hydrogen) atoms. The zero-order chi connectivity index (χ0) is 13.1. The van der Waals surface area contributed by atoms with Gasteiger partial charge in [0.1, 0.15) is 5.69 Å². The highest BCUT2D eigenvalue weighted by Crippen LogP contribution is 2.23. The summed E-state index contributed by atoms with van der Waals surface area (Å²) in [6, 6.07) is 5.80. The lowest BCUT2D eigenvalue weighted by atomic mass is 10.1. The molecule has 1 aromatic carbocycles. The van der Waals surface area contributed by atoms with Crippen LogP contribution in [0, 0.1) is 10.1 Å². The standard InChI is InChI=1S/C10H12N2O5/c1-10(15,9(13)14)6-11-7-4-2-3-5-8(7)12(16)17/h2-5,11,15H,6H2,1H3,(H,13,14). The van der Waals surface area contributed by atoms with Crippen molar-refractivity contribution in [2.24, 2.45) is 0 Å². The van der Waals surface area contributed by atoms with Gasteiger partial charge in [-0.3, -0.25) is 10.1 Å². The van der Waals surface area contributed by atoms with Crippen LogP contribution in [0.4, 0.5) is 11.4 Å². The fourth-order valence-electron chi connectivity index (χ4n) is 1.13. The third-order valence-corrected chi connectivity index (χ3v) is 2.18. The lowest BCUT2D eigenvalue weighted by Crippen LogP contribution is -2.41. The number of carbonyl (C=O) groups is 1. The van der Waals surface area contributed by atoms with Crippen LogP contribution in [-0.2, 0) is 4.79 Å². The maximum atomic E-state index is 10.7. The largest absolute Gasteiger partial charge is 0.479 e. The summed E-state index contributed by atoms with van der Waals surface area (Å²) < 4.78 is 0. The van der Waals surface area contributed by atoms with Gasteiger partial charge in [0.05, 0.1) is 11.5 Å². The number of carboxylic acids is 1. The minimum Gasteiger partial charge on any atom is -0.479 e. The molecule has 0 aliphatic rings. The number of benzene rings is 1. The molecule has 1 atom stereocenters. The average Bonchev–Trinajstić information content (AvgIpc) is 2.26. The van der Waals surface area contributed by atoms with Gasteiger partial charge in [-0.25, -0.2) is 4.79 Å². The molecular weight excluding hydrogens is 228 g/mol. The van der Waals surface area contributed by atoms with Crippen LogP contribution in [0.1, 0.15) is 6.92 Å². The van der Waals surface area contributed by atoms with Crippen molar-refractivity contribution in [1.29, 1.82) is 0 Å². The number of rotatable bonds is 5. The van der Waals surface area contributed by atoms with Gasteiger partial charge < -0.3 is 15.5 Å². The van der Waals surface area contributed by atoms with Gasteiger partial charge in [0.15, 0.2) is 5.60 Å². The van der Waals surface area contributed by atoms with Crippen LogP contribution in [0.15, 0.2) is 24.3 Å². The molecule has 7 heteroatoms. The molecule has 1 unspecified atom stereocenters. The van der Waals surface area contributed by atoms with E-state index in [1.807, 2.05) is 0 Å². The third-order valence-electron chi connectivity index (χ3n) is 2.18. The highest BCUT2D eigenvalue weighted by Gasteiger charge is 2.30. The predicted molar refractivity (Wildman–Crippen MR) is 59.8 cm³/mol. The van der Waals surface area contributed by atoms with Gasteiger partial charge >= 0.3 is 5.97 Å². The van der Waals surface area contributed by atoms with Crippen LogP contribution in [-0.4, -0.2) is 33.3 Å². The van der Waals surface area contributed by atoms with Crippen LogP contribution in [0.25, 0.3) is 0 Å². The SMILES string of the molecule is CC(O)(CNc1ccccc1[N+](=O)[O-])C(=O)O. The topological polar surface area (TPSA) is 113 Å². The Balaban J connectivity index is 2.83. The number of hydrogen-bond acceptors (Lipinski definition) is 5. The first kappa shape index (κ1) is 12.9. The summed E-state index contributed by atoms with van der Waals surface area (Å²) in [5.74, 6) is -1.40. The molecule has 92 valence electrons. The first-order valence-corrected chi connectivity index (χ1v) is 4.77. The van der Waals surface area contributed by atoms with E-state index in [-0.39, 0.29) is 17.9 Å². The van der Waals surface area contributed by atoms with Gasteiger partial charge in [-0.05, 0) is 13.0 Å². The Kier molecular flexibility index (Phi) is 3.64. The first-order chi connectivity index (χ1) is 7.84. The lowest BCUT2D eigenvalue weighted by molar-refractivity contribution is -0.384. The summed E-state index contributed by atoms with van der Waals surface area (Å²) in [6.07, 6.45) is 0. The molecule has 0 saturated heterocycles. The Bertz CT molecular complexity index is 444. The molecule has 3 N–H and O–H groups in total. The first-order valence-electron chi connectivity index (χ1n) is 4.77. The van der Waals surface area contributed by atoms with Crippen LogP contribution in [0.2, 0.25) is 0 Å². The molecule has 7 nitrogen and oxygen atoms in total. The Labute approximate surface area is 96.8 Å². The Morgan fingerprint density at radius 2 is 2.12 bits per heavy atom. The summed E-state index contributed by atoms with van der Waals surface area (Å²) in [7, 11) is 0.